The van der Waals surface area contributed by atoms with Gasteiger partial charge in [-0.3, -0.25) is 5.14 Å². The van der Waals surface area contributed by atoms with E-state index in [4.69, 9.17) is 5.14 Å². The molecule has 3 N–H and O–H groups in total. The minimum atomic E-state index is -5.94. The van der Waals surface area contributed by atoms with E-state index in [1.54, 1.807) is 12.2 Å². The fourth-order valence-electron chi connectivity index (χ4n) is 1.91. The highest BCUT2D eigenvalue weighted by molar-refractivity contribution is 8.30. The molecule has 26 heavy (non-hydrogen) atoms. The Morgan fingerprint density at radius 3 is 1.88 bits per heavy atom. The van der Waals surface area contributed by atoms with Gasteiger partial charge in [-0.1, -0.05) is 55.4 Å². The topological polar surface area (TPSA) is 46.2 Å². The lowest BCUT2D eigenvalue weighted by molar-refractivity contribution is -0.376. The highest BCUT2D eigenvalue weighted by atomic mass is 32.2. The van der Waals surface area contributed by atoms with Crippen LogP contribution in [-0.4, -0.2) is 28.7 Å². The molecule has 0 aliphatic rings. The molecular weight excluding hydrogens is 380 g/mol. The van der Waals surface area contributed by atoms with Gasteiger partial charge in [0, 0.05) is 10.5 Å². The first-order valence-electron chi connectivity index (χ1n) is 6.90. The van der Waals surface area contributed by atoms with Crippen LogP contribution in [0, 0.1) is 0 Å². The van der Waals surface area contributed by atoms with Crippen LogP contribution in [0.4, 0.5) is 26.3 Å². The summed E-state index contributed by atoms with van der Waals surface area (Å²) in [6, 6.07) is 3.07. The first-order valence-corrected chi connectivity index (χ1v) is 8.83. The molecule has 0 spiro atoms. The van der Waals surface area contributed by atoms with Gasteiger partial charge in [0.25, 0.3) is 5.60 Å². The SMILES string of the molecule is C=C/C=C\C(=C)S(=C)(N)=Cc1ccc(C(O)(C(F)(F)F)C(F)(F)F)cc1. The van der Waals surface area contributed by atoms with Crippen LogP contribution in [-0.2, 0) is 5.60 Å². The maximum Gasteiger partial charge on any atom is 0.430 e. The van der Waals surface area contributed by atoms with Crippen LogP contribution < -0.4 is 5.14 Å². The Bertz CT molecular complexity index is 810. The number of halogens is 6. The molecule has 0 bridgehead atoms. The van der Waals surface area contributed by atoms with E-state index in [9.17, 15) is 31.4 Å². The quantitative estimate of drug-likeness (QED) is 0.436. The Balaban J connectivity index is 3.37. The van der Waals surface area contributed by atoms with Crippen LogP contribution in [0.5, 0.6) is 0 Å². The number of aliphatic hydroxyl groups is 1. The van der Waals surface area contributed by atoms with Crippen LogP contribution in [0.2, 0.25) is 0 Å². The number of rotatable bonds is 5. The molecular formula is C17H17F6NOS. The lowest BCUT2D eigenvalue weighted by Crippen LogP contribution is -2.53. The highest BCUT2D eigenvalue weighted by Crippen LogP contribution is 2.49. The molecule has 0 aliphatic carbocycles. The summed E-state index contributed by atoms with van der Waals surface area (Å²) in [5, 5.41) is 16.8. The molecule has 2 nitrogen and oxygen atoms in total. The monoisotopic (exact) mass is 397 g/mol. The number of hydrogen-bond acceptors (Lipinski definition) is 2. The first kappa shape index (κ1) is 22.1. The molecule has 0 amide bonds. The van der Waals surface area contributed by atoms with Crippen LogP contribution in [0.25, 0.3) is 0 Å². The van der Waals surface area contributed by atoms with Crippen LogP contribution in [0.3, 0.4) is 0 Å². The molecule has 0 fully saturated rings. The zero-order chi connectivity index (χ0) is 20.4. The van der Waals surface area contributed by atoms with Gasteiger partial charge in [0.15, 0.2) is 0 Å². The van der Waals surface area contributed by atoms with Crippen molar-refractivity contribution < 1.29 is 31.4 Å². The molecule has 9 heteroatoms. The van der Waals surface area contributed by atoms with Gasteiger partial charge in [-0.05, 0) is 17.0 Å². The Morgan fingerprint density at radius 2 is 1.50 bits per heavy atom. The fraction of sp³-hybridized carbons (Fsp3) is 0.176. The summed E-state index contributed by atoms with van der Waals surface area (Å²) in [6.45, 7) is 7.20. The van der Waals surface area contributed by atoms with Crippen molar-refractivity contribution in [1.82, 2.24) is 0 Å². The van der Waals surface area contributed by atoms with E-state index < -0.39 is 32.9 Å². The standard InChI is InChI=1S/C17H17F6NOS/c1-4-5-6-12(2)26(3,24)11-13-7-9-14(10-8-13)15(25,16(18,19)20)17(21,22)23/h4-11,25H,1-3,24H2/b6-5-. The van der Waals surface area contributed by atoms with Crippen molar-refractivity contribution in [1.29, 1.82) is 0 Å². The van der Waals surface area contributed by atoms with Crippen LogP contribution in [0.1, 0.15) is 11.1 Å². The molecule has 0 radical (unpaired) electrons. The zero-order valence-corrected chi connectivity index (χ0v) is 14.3. The lowest BCUT2D eigenvalue weighted by atomic mass is 9.92. The molecule has 1 unspecified atom stereocenters. The minimum Gasteiger partial charge on any atom is -0.369 e. The Morgan fingerprint density at radius 1 is 1.04 bits per heavy atom. The van der Waals surface area contributed by atoms with E-state index in [1.165, 1.54) is 11.4 Å². The molecule has 144 valence electrons. The minimum absolute atomic E-state index is 0.237. The summed E-state index contributed by atoms with van der Waals surface area (Å²) in [5.41, 5.74) is -6.07. The summed E-state index contributed by atoms with van der Waals surface area (Å²) in [6.07, 6.45) is -7.28. The summed E-state index contributed by atoms with van der Waals surface area (Å²) >= 11 is 0. The predicted octanol–water partition coefficient (Wildman–Crippen LogP) is 4.52. The van der Waals surface area contributed by atoms with E-state index in [2.05, 4.69) is 19.0 Å². The number of alkyl halides is 6. The molecule has 1 aromatic carbocycles. The second-order valence-corrected chi connectivity index (χ2v) is 7.82. The van der Waals surface area contributed by atoms with Crippen molar-refractivity contribution in [3.05, 3.63) is 71.7 Å². The van der Waals surface area contributed by atoms with Gasteiger partial charge in [-0.15, -0.1) is 9.39 Å². The van der Waals surface area contributed by atoms with Gasteiger partial charge < -0.3 is 5.11 Å². The van der Waals surface area contributed by atoms with Crippen molar-refractivity contribution in [2.45, 2.75) is 18.0 Å². The Hall–Kier alpha value is -1.97. The smallest absolute Gasteiger partial charge is 0.369 e. The maximum absolute atomic E-state index is 12.9. The van der Waals surface area contributed by atoms with Crippen molar-refractivity contribution in [3.8, 4) is 0 Å². The lowest BCUT2D eigenvalue weighted by Gasteiger charge is -2.32. The highest BCUT2D eigenvalue weighted by Gasteiger charge is 2.71. The Kier molecular flexibility index (Phi) is 6.23. The summed E-state index contributed by atoms with van der Waals surface area (Å²) < 4.78 is 77.1. The molecule has 1 aromatic rings. The summed E-state index contributed by atoms with van der Waals surface area (Å²) in [4.78, 5) is 0.420. The maximum atomic E-state index is 12.9. The third kappa shape index (κ3) is 4.40. The van der Waals surface area contributed by atoms with Gasteiger partial charge >= 0.3 is 12.4 Å². The third-order valence-corrected chi connectivity index (χ3v) is 5.21. The van der Waals surface area contributed by atoms with Crippen molar-refractivity contribution in [3.63, 3.8) is 0 Å². The van der Waals surface area contributed by atoms with Gasteiger partial charge in [0.1, 0.15) is 0 Å². The van der Waals surface area contributed by atoms with Gasteiger partial charge in [-0.25, -0.2) is 0 Å². The molecule has 1 rings (SSSR count). The summed E-state index contributed by atoms with van der Waals surface area (Å²) in [7, 11) is -2.30. The fourth-order valence-corrected chi connectivity index (χ4v) is 3.04. The van der Waals surface area contributed by atoms with Crippen molar-refractivity contribution in [2.75, 3.05) is 0 Å². The largest absolute Gasteiger partial charge is 0.430 e. The van der Waals surface area contributed by atoms with E-state index in [1.807, 2.05) is 0 Å². The van der Waals surface area contributed by atoms with Crippen LogP contribution >= 0.6 is 9.39 Å². The van der Waals surface area contributed by atoms with E-state index in [-0.39, 0.29) is 5.56 Å². The first-order chi connectivity index (χ1) is 11.7. The average Bonchev–Trinajstić information content (AvgIpc) is 2.49. The normalized spacial score (nSPS) is 15.5. The molecule has 1 atom stereocenters. The van der Waals surface area contributed by atoms with E-state index in [0.29, 0.717) is 17.0 Å². The van der Waals surface area contributed by atoms with Crippen LogP contribution in [0.15, 0.2) is 60.6 Å². The number of nitrogens with two attached hydrogens (primary N) is 1. The zero-order valence-electron chi connectivity index (χ0n) is 13.4. The average molecular weight is 397 g/mol. The third-order valence-electron chi connectivity index (χ3n) is 3.40. The number of benzene rings is 1. The molecule has 0 heterocycles. The molecule has 0 saturated carbocycles. The Labute approximate surface area is 147 Å². The second-order valence-electron chi connectivity index (χ2n) is 5.36. The summed E-state index contributed by atoms with van der Waals surface area (Å²) in [5.74, 6) is 3.78. The van der Waals surface area contributed by atoms with Gasteiger partial charge in [0.05, 0.1) is 0 Å². The predicted molar refractivity (Wildman–Crippen MR) is 95.0 cm³/mol. The van der Waals surface area contributed by atoms with Gasteiger partial charge in [0.2, 0.25) is 0 Å². The molecule has 0 aromatic heterocycles. The van der Waals surface area contributed by atoms with Crippen molar-refractivity contribution >= 4 is 20.6 Å². The van der Waals surface area contributed by atoms with E-state index >= 15 is 0 Å². The number of hydrogen-bond donors (Lipinski definition) is 2. The van der Waals surface area contributed by atoms with Gasteiger partial charge in [-0.2, -0.15) is 26.3 Å². The van der Waals surface area contributed by atoms with Crippen molar-refractivity contribution in [2.24, 2.45) is 5.14 Å². The number of allylic oxidation sites excluding steroid dienone is 3. The molecule has 0 saturated heterocycles. The second kappa shape index (κ2) is 7.34. The van der Waals surface area contributed by atoms with E-state index in [0.717, 1.165) is 12.1 Å². The molecule has 0 aliphatic heterocycles.